The summed E-state index contributed by atoms with van der Waals surface area (Å²) >= 11 is 0. The first-order valence-corrected chi connectivity index (χ1v) is 6.50. The van der Waals surface area contributed by atoms with Gasteiger partial charge in [-0.05, 0) is 13.3 Å². The molecule has 0 aromatic carbocycles. The van der Waals surface area contributed by atoms with Gasteiger partial charge in [0, 0.05) is 32.5 Å². The maximum Gasteiger partial charge on any atom is 0.321 e. The summed E-state index contributed by atoms with van der Waals surface area (Å²) in [4.78, 5) is 25.0. The molecule has 0 radical (unpaired) electrons. The Morgan fingerprint density at radius 1 is 1.58 bits per heavy atom. The predicted octanol–water partition coefficient (Wildman–Crippen LogP) is 0.393. The Morgan fingerprint density at radius 3 is 2.79 bits per heavy atom. The fourth-order valence-corrected chi connectivity index (χ4v) is 2.23. The third-order valence-electron chi connectivity index (χ3n) is 3.59. The van der Waals surface area contributed by atoms with Gasteiger partial charge in [0.1, 0.15) is 0 Å². The van der Waals surface area contributed by atoms with Crippen LogP contribution in [0.1, 0.15) is 26.7 Å². The highest BCUT2D eigenvalue weighted by Gasteiger charge is 2.30. The normalized spacial score (nSPS) is 23.9. The van der Waals surface area contributed by atoms with Crippen LogP contribution >= 0.6 is 0 Å². The van der Waals surface area contributed by atoms with E-state index in [-0.39, 0.29) is 17.9 Å². The van der Waals surface area contributed by atoms with E-state index >= 15 is 0 Å². The number of amides is 3. The van der Waals surface area contributed by atoms with Gasteiger partial charge < -0.3 is 10.5 Å². The van der Waals surface area contributed by atoms with Crippen molar-refractivity contribution in [3.8, 4) is 0 Å². The second kappa shape index (κ2) is 7.08. The van der Waals surface area contributed by atoms with E-state index in [9.17, 15) is 9.59 Å². The summed E-state index contributed by atoms with van der Waals surface area (Å²) in [5.74, 6) is -0.160. The van der Waals surface area contributed by atoms with Gasteiger partial charge in [-0.15, -0.1) is 0 Å². The van der Waals surface area contributed by atoms with E-state index in [4.69, 9.17) is 5.21 Å². The minimum absolute atomic E-state index is 0.161. The fourth-order valence-electron chi connectivity index (χ4n) is 2.23. The standard InChI is InChI=1S/C12H22N4O3/c1-4-9-7-16(6-5-10(9)15-19)8(2)11(17)14-12(18)13-3/h8-9,19H,4-7H2,1-3H3,(H2,13,14,17,18). The van der Waals surface area contributed by atoms with Gasteiger partial charge in [-0.25, -0.2) is 4.79 Å². The molecule has 1 heterocycles. The Labute approximate surface area is 113 Å². The number of urea groups is 1. The molecule has 0 aromatic heterocycles. The van der Waals surface area contributed by atoms with Crippen LogP contribution in [-0.2, 0) is 4.79 Å². The summed E-state index contributed by atoms with van der Waals surface area (Å²) in [6.45, 7) is 5.11. The number of hydrogen-bond acceptors (Lipinski definition) is 5. The first-order valence-electron chi connectivity index (χ1n) is 6.50. The highest BCUT2D eigenvalue weighted by molar-refractivity contribution is 5.96. The molecular weight excluding hydrogens is 248 g/mol. The van der Waals surface area contributed by atoms with Crippen molar-refractivity contribution >= 4 is 17.6 Å². The lowest BCUT2D eigenvalue weighted by Crippen LogP contribution is -2.53. The molecule has 1 saturated heterocycles. The fraction of sp³-hybridized carbons (Fsp3) is 0.750. The average Bonchev–Trinajstić information content (AvgIpc) is 2.45. The largest absolute Gasteiger partial charge is 0.411 e. The Hall–Kier alpha value is -1.63. The molecule has 3 amide bonds. The number of hydrogen-bond donors (Lipinski definition) is 3. The number of nitrogens with zero attached hydrogens (tertiary/aromatic N) is 2. The predicted molar refractivity (Wildman–Crippen MR) is 71.3 cm³/mol. The number of imide groups is 1. The van der Waals surface area contributed by atoms with Gasteiger partial charge in [0.2, 0.25) is 5.91 Å². The van der Waals surface area contributed by atoms with Gasteiger partial charge in [0.25, 0.3) is 0 Å². The second-order valence-electron chi connectivity index (χ2n) is 4.69. The molecule has 108 valence electrons. The van der Waals surface area contributed by atoms with Gasteiger partial charge in [-0.1, -0.05) is 12.1 Å². The molecule has 0 saturated carbocycles. The molecule has 0 aromatic rings. The smallest absolute Gasteiger partial charge is 0.321 e. The number of oxime groups is 1. The molecular formula is C12H22N4O3. The van der Waals surface area contributed by atoms with E-state index < -0.39 is 6.03 Å². The van der Waals surface area contributed by atoms with Crippen LogP contribution in [0, 0.1) is 5.92 Å². The zero-order valence-electron chi connectivity index (χ0n) is 11.6. The number of nitrogens with one attached hydrogen (secondary N) is 2. The van der Waals surface area contributed by atoms with E-state index in [1.54, 1.807) is 6.92 Å². The van der Waals surface area contributed by atoms with Crippen molar-refractivity contribution < 1.29 is 14.8 Å². The Morgan fingerprint density at radius 2 is 2.26 bits per heavy atom. The first kappa shape index (κ1) is 15.4. The summed E-state index contributed by atoms with van der Waals surface area (Å²) in [5.41, 5.74) is 0.789. The molecule has 1 rings (SSSR count). The maximum absolute atomic E-state index is 11.9. The van der Waals surface area contributed by atoms with Crippen LogP contribution in [0.25, 0.3) is 0 Å². The van der Waals surface area contributed by atoms with Gasteiger partial charge in [0.05, 0.1) is 11.8 Å². The molecule has 19 heavy (non-hydrogen) atoms. The first-order chi connectivity index (χ1) is 9.03. The van der Waals surface area contributed by atoms with Crippen LogP contribution in [0.5, 0.6) is 0 Å². The van der Waals surface area contributed by atoms with Crippen LogP contribution in [0.2, 0.25) is 0 Å². The van der Waals surface area contributed by atoms with Gasteiger partial charge >= 0.3 is 6.03 Å². The molecule has 0 bridgehead atoms. The molecule has 2 unspecified atom stereocenters. The number of rotatable bonds is 3. The molecule has 1 aliphatic rings. The molecule has 0 aliphatic carbocycles. The van der Waals surface area contributed by atoms with Crippen molar-refractivity contribution in [2.75, 3.05) is 20.1 Å². The Balaban J connectivity index is 2.61. The highest BCUT2D eigenvalue weighted by Crippen LogP contribution is 2.19. The highest BCUT2D eigenvalue weighted by atomic mass is 16.4. The van der Waals surface area contributed by atoms with E-state index in [1.165, 1.54) is 7.05 Å². The minimum Gasteiger partial charge on any atom is -0.411 e. The molecule has 1 fully saturated rings. The lowest BCUT2D eigenvalue weighted by Gasteiger charge is -2.35. The average molecular weight is 270 g/mol. The zero-order valence-corrected chi connectivity index (χ0v) is 11.6. The molecule has 7 heteroatoms. The van der Waals surface area contributed by atoms with Crippen LogP contribution < -0.4 is 10.6 Å². The zero-order chi connectivity index (χ0) is 14.4. The molecule has 2 atom stereocenters. The van der Waals surface area contributed by atoms with Crippen molar-refractivity contribution in [3.63, 3.8) is 0 Å². The number of carbonyl (C=O) groups is 2. The van der Waals surface area contributed by atoms with Crippen LogP contribution in [0.3, 0.4) is 0 Å². The van der Waals surface area contributed by atoms with Gasteiger partial charge in [-0.3, -0.25) is 15.0 Å². The lowest BCUT2D eigenvalue weighted by atomic mass is 9.92. The third-order valence-corrected chi connectivity index (χ3v) is 3.59. The summed E-state index contributed by atoms with van der Waals surface area (Å²) < 4.78 is 0. The van der Waals surface area contributed by atoms with Gasteiger partial charge in [0.15, 0.2) is 0 Å². The maximum atomic E-state index is 11.9. The quantitative estimate of drug-likeness (QED) is 0.511. The molecule has 0 spiro atoms. The van der Waals surface area contributed by atoms with Crippen LogP contribution in [0.4, 0.5) is 4.79 Å². The topological polar surface area (TPSA) is 94.0 Å². The summed E-state index contributed by atoms with van der Waals surface area (Å²) in [6.07, 6.45) is 1.51. The van der Waals surface area contributed by atoms with E-state index in [2.05, 4.69) is 15.8 Å². The van der Waals surface area contributed by atoms with Crippen molar-refractivity contribution in [1.82, 2.24) is 15.5 Å². The number of likely N-dealkylation sites (tertiary alicyclic amines) is 1. The lowest BCUT2D eigenvalue weighted by molar-refractivity contribution is -0.125. The summed E-state index contributed by atoms with van der Waals surface area (Å²) in [6, 6.07) is -0.884. The molecule has 3 N–H and O–H groups in total. The van der Waals surface area contributed by atoms with E-state index in [0.717, 1.165) is 12.1 Å². The van der Waals surface area contributed by atoms with Crippen molar-refractivity contribution in [3.05, 3.63) is 0 Å². The number of carbonyl (C=O) groups excluding carboxylic acids is 2. The molecule has 7 nitrogen and oxygen atoms in total. The SMILES string of the molecule is CCC1CN(C(C)C(=O)NC(=O)NC)CCC1=NO. The van der Waals surface area contributed by atoms with Crippen LogP contribution in [-0.4, -0.2) is 53.9 Å². The third kappa shape index (κ3) is 3.92. The van der Waals surface area contributed by atoms with E-state index in [1.807, 2.05) is 11.8 Å². The monoisotopic (exact) mass is 270 g/mol. The molecule has 1 aliphatic heterocycles. The second-order valence-corrected chi connectivity index (χ2v) is 4.69. The minimum atomic E-state index is -0.501. The van der Waals surface area contributed by atoms with Crippen molar-refractivity contribution in [2.24, 2.45) is 11.1 Å². The summed E-state index contributed by atoms with van der Waals surface area (Å²) in [5, 5.41) is 16.9. The number of piperidine rings is 1. The van der Waals surface area contributed by atoms with Crippen molar-refractivity contribution in [1.29, 1.82) is 0 Å². The van der Waals surface area contributed by atoms with Crippen molar-refractivity contribution in [2.45, 2.75) is 32.7 Å². The van der Waals surface area contributed by atoms with Gasteiger partial charge in [-0.2, -0.15) is 0 Å². The summed E-state index contributed by atoms with van der Waals surface area (Å²) in [7, 11) is 1.46. The Bertz CT molecular complexity index is 370. The van der Waals surface area contributed by atoms with E-state index in [0.29, 0.717) is 19.5 Å². The van der Waals surface area contributed by atoms with Crippen LogP contribution in [0.15, 0.2) is 5.16 Å². The Kier molecular flexibility index (Phi) is 5.75.